The van der Waals surface area contributed by atoms with E-state index in [9.17, 15) is 4.79 Å². The van der Waals surface area contributed by atoms with Crippen LogP contribution in [0.5, 0.6) is 0 Å². The molecule has 1 unspecified atom stereocenters. The van der Waals surface area contributed by atoms with Crippen LogP contribution >= 0.6 is 11.8 Å². The number of thioether (sulfide) groups is 1. The van der Waals surface area contributed by atoms with Gasteiger partial charge in [-0.05, 0) is 61.1 Å². The number of aliphatic hydroxyl groups excluding tert-OH is 1. The highest BCUT2D eigenvalue weighted by Crippen LogP contribution is 2.61. The van der Waals surface area contributed by atoms with Gasteiger partial charge in [0.25, 0.3) is 0 Å². The zero-order chi connectivity index (χ0) is 23.3. The molecule has 3 nitrogen and oxygen atoms in total. The Hall–Kier alpha value is -2.88. The van der Waals surface area contributed by atoms with Crippen molar-refractivity contribution in [2.75, 3.05) is 0 Å². The third-order valence-corrected chi connectivity index (χ3v) is 7.37. The molecule has 32 heavy (non-hydrogen) atoms. The molecule has 2 aliphatic rings. The van der Waals surface area contributed by atoms with Crippen molar-refractivity contribution in [2.24, 2.45) is 16.3 Å². The van der Waals surface area contributed by atoms with Gasteiger partial charge in [0.05, 0.1) is 16.2 Å². The number of aryl methyl sites for hydroxylation is 1. The SMILES string of the molecule is C=C=C/C=C\C(=C/C)C1(C2=CN=C(Sc3c(F)cc(C(=O)/C=C/O)cc3CC)C2C)CC1. The van der Waals surface area contributed by atoms with E-state index in [0.29, 0.717) is 17.6 Å². The van der Waals surface area contributed by atoms with Crippen molar-refractivity contribution < 1.29 is 14.3 Å². The lowest BCUT2D eigenvalue weighted by molar-refractivity contribution is 0.104. The summed E-state index contributed by atoms with van der Waals surface area (Å²) in [4.78, 5) is 17.2. The highest BCUT2D eigenvalue weighted by Gasteiger charge is 2.51. The van der Waals surface area contributed by atoms with Gasteiger partial charge in [0.15, 0.2) is 5.78 Å². The summed E-state index contributed by atoms with van der Waals surface area (Å²) in [7, 11) is 0. The molecule has 0 aromatic heterocycles. The first-order valence-electron chi connectivity index (χ1n) is 10.7. The zero-order valence-electron chi connectivity index (χ0n) is 18.7. The first-order valence-corrected chi connectivity index (χ1v) is 11.6. The fraction of sp³-hybridized carbons (Fsp3) is 0.296. The number of nitrogens with zero attached hydrogens (tertiary/aromatic N) is 1. The molecule has 5 heteroatoms. The highest BCUT2D eigenvalue weighted by molar-refractivity contribution is 8.14. The van der Waals surface area contributed by atoms with Crippen LogP contribution in [0, 0.1) is 17.2 Å². The van der Waals surface area contributed by atoms with Crippen LogP contribution in [0.15, 0.2) is 88.3 Å². The number of aliphatic imine (C=N–C) groups is 1. The molecular weight excluding hydrogens is 421 g/mol. The van der Waals surface area contributed by atoms with E-state index in [2.05, 4.69) is 36.4 Å². The van der Waals surface area contributed by atoms with Gasteiger partial charge in [-0.3, -0.25) is 9.79 Å². The number of rotatable bonds is 8. The van der Waals surface area contributed by atoms with Crippen molar-refractivity contribution in [3.05, 3.63) is 95.4 Å². The van der Waals surface area contributed by atoms with Crippen molar-refractivity contribution >= 4 is 22.6 Å². The largest absolute Gasteiger partial charge is 0.515 e. The minimum Gasteiger partial charge on any atom is -0.515 e. The maximum atomic E-state index is 15.0. The summed E-state index contributed by atoms with van der Waals surface area (Å²) in [5, 5.41) is 9.70. The van der Waals surface area contributed by atoms with E-state index in [1.165, 1.54) is 29.0 Å². The molecule has 0 bridgehead atoms. The fourth-order valence-electron chi connectivity index (χ4n) is 4.20. The van der Waals surface area contributed by atoms with Gasteiger partial charge in [0, 0.05) is 29.2 Å². The van der Waals surface area contributed by atoms with E-state index in [4.69, 9.17) is 5.11 Å². The average Bonchev–Trinajstić information content (AvgIpc) is 3.50. The van der Waals surface area contributed by atoms with E-state index in [0.717, 1.165) is 29.5 Å². The Morgan fingerprint density at radius 3 is 2.75 bits per heavy atom. The van der Waals surface area contributed by atoms with Crippen molar-refractivity contribution in [3.63, 3.8) is 0 Å². The molecule has 1 saturated carbocycles. The number of allylic oxidation sites excluding steroid dienone is 7. The van der Waals surface area contributed by atoms with E-state index >= 15 is 4.39 Å². The predicted molar refractivity (Wildman–Crippen MR) is 131 cm³/mol. The zero-order valence-corrected chi connectivity index (χ0v) is 19.5. The standard InChI is InChI=1S/C27H28FNO2S/c1-5-8-9-10-21(7-3)27(12-13-27)22-17-29-26(18(22)4)32-25-19(6-2)15-20(16-23(25)28)24(31)11-14-30/h7-11,14-18,30H,1,6,12-13H2,2-4H3/b10-9-,14-11+,21-7+. The Morgan fingerprint density at radius 2 is 2.16 bits per heavy atom. The Bertz CT molecular complexity index is 1110. The Kier molecular flexibility index (Phi) is 7.55. The molecule has 166 valence electrons. The number of ketones is 1. The van der Waals surface area contributed by atoms with E-state index in [1.807, 2.05) is 26.1 Å². The minimum absolute atomic E-state index is 0.00940. The summed E-state index contributed by atoms with van der Waals surface area (Å²) < 4.78 is 15.0. The smallest absolute Gasteiger partial charge is 0.188 e. The molecule has 1 aliphatic heterocycles. The van der Waals surface area contributed by atoms with Gasteiger partial charge in [0.1, 0.15) is 5.82 Å². The molecular formula is C27H28FNO2S. The van der Waals surface area contributed by atoms with Crippen molar-refractivity contribution in [3.8, 4) is 0 Å². The monoisotopic (exact) mass is 449 g/mol. The van der Waals surface area contributed by atoms with Crippen LogP contribution in [0.4, 0.5) is 4.39 Å². The summed E-state index contributed by atoms with van der Waals surface area (Å²) >= 11 is 1.34. The molecule has 1 heterocycles. The number of carbonyl (C=O) groups excluding carboxylic acids is 1. The Balaban J connectivity index is 1.83. The topological polar surface area (TPSA) is 49.7 Å². The molecule has 1 aliphatic carbocycles. The van der Waals surface area contributed by atoms with Gasteiger partial charge in [0.2, 0.25) is 0 Å². The summed E-state index contributed by atoms with van der Waals surface area (Å²) in [5.74, 6) is -0.785. The number of aliphatic hydroxyl groups is 1. The predicted octanol–water partition coefficient (Wildman–Crippen LogP) is 7.29. The summed E-state index contributed by atoms with van der Waals surface area (Å²) in [6.45, 7) is 9.70. The number of benzene rings is 1. The fourth-order valence-corrected chi connectivity index (χ4v) is 5.31. The van der Waals surface area contributed by atoms with E-state index in [1.54, 1.807) is 12.1 Å². The minimum atomic E-state index is -0.443. The van der Waals surface area contributed by atoms with Gasteiger partial charge in [-0.1, -0.05) is 50.4 Å². The van der Waals surface area contributed by atoms with Gasteiger partial charge < -0.3 is 5.11 Å². The lowest BCUT2D eigenvalue weighted by Crippen LogP contribution is -2.16. The Morgan fingerprint density at radius 1 is 1.41 bits per heavy atom. The molecule has 0 saturated heterocycles. The van der Waals surface area contributed by atoms with Crippen molar-refractivity contribution in [1.29, 1.82) is 0 Å². The molecule has 0 radical (unpaired) electrons. The lowest BCUT2D eigenvalue weighted by Gasteiger charge is -2.23. The first kappa shape index (κ1) is 23.8. The highest BCUT2D eigenvalue weighted by atomic mass is 32.2. The molecule has 1 aromatic rings. The van der Waals surface area contributed by atoms with Gasteiger partial charge >= 0.3 is 0 Å². The molecule has 1 N–H and O–H groups in total. The van der Waals surface area contributed by atoms with Crippen LogP contribution in [-0.4, -0.2) is 15.9 Å². The summed E-state index contributed by atoms with van der Waals surface area (Å²) in [5.41, 5.74) is 6.25. The molecule has 3 rings (SSSR count). The molecule has 1 fully saturated rings. The molecule has 0 amide bonds. The second-order valence-corrected chi connectivity index (χ2v) is 8.94. The van der Waals surface area contributed by atoms with Crippen molar-refractivity contribution in [2.45, 2.75) is 44.9 Å². The number of carbonyl (C=O) groups is 1. The van der Waals surface area contributed by atoms with Crippen LogP contribution in [0.2, 0.25) is 0 Å². The van der Waals surface area contributed by atoms with Gasteiger partial charge in [-0.15, -0.1) is 5.73 Å². The summed E-state index contributed by atoms with van der Waals surface area (Å²) in [6.07, 6.45) is 14.4. The van der Waals surface area contributed by atoms with Crippen molar-refractivity contribution in [1.82, 2.24) is 0 Å². The van der Waals surface area contributed by atoms with Crippen LogP contribution in [0.3, 0.4) is 0 Å². The third kappa shape index (κ3) is 4.64. The molecule has 1 aromatic carbocycles. The van der Waals surface area contributed by atoms with Crippen LogP contribution in [0.25, 0.3) is 0 Å². The Labute approximate surface area is 193 Å². The normalized spacial score (nSPS) is 19.8. The molecule has 1 atom stereocenters. The van der Waals surface area contributed by atoms with E-state index < -0.39 is 11.6 Å². The lowest BCUT2D eigenvalue weighted by atomic mass is 9.82. The van der Waals surface area contributed by atoms with Crippen LogP contribution in [0.1, 0.15) is 49.5 Å². The van der Waals surface area contributed by atoms with E-state index in [-0.39, 0.29) is 16.9 Å². The number of hydrogen-bond acceptors (Lipinski definition) is 4. The van der Waals surface area contributed by atoms with Gasteiger partial charge in [-0.2, -0.15) is 0 Å². The maximum absolute atomic E-state index is 15.0. The maximum Gasteiger partial charge on any atom is 0.188 e. The van der Waals surface area contributed by atoms with Crippen LogP contribution < -0.4 is 0 Å². The quantitative estimate of drug-likeness (QED) is 0.149. The summed E-state index contributed by atoms with van der Waals surface area (Å²) in [6, 6.07) is 2.93. The van der Waals surface area contributed by atoms with Gasteiger partial charge in [-0.25, -0.2) is 4.39 Å². The first-order chi connectivity index (χ1) is 15.4. The second kappa shape index (κ2) is 10.2. The number of halogens is 1. The average molecular weight is 450 g/mol. The second-order valence-electron chi connectivity index (χ2n) is 7.91. The van der Waals surface area contributed by atoms with Crippen LogP contribution in [-0.2, 0) is 6.42 Å². The molecule has 0 spiro atoms. The third-order valence-electron chi connectivity index (χ3n) is 6.04. The number of hydrogen-bond donors (Lipinski definition) is 1.